The summed E-state index contributed by atoms with van der Waals surface area (Å²) in [5.74, 6) is 2.50. The lowest BCUT2D eigenvalue weighted by Crippen LogP contribution is -2.37. The molecular formula is C11H12N4O2. The molecule has 0 aliphatic rings. The van der Waals surface area contributed by atoms with Gasteiger partial charge in [-0.25, -0.2) is 9.78 Å². The molecule has 0 saturated heterocycles. The van der Waals surface area contributed by atoms with Gasteiger partial charge in [-0.1, -0.05) is 0 Å². The van der Waals surface area contributed by atoms with Gasteiger partial charge in [-0.3, -0.25) is 13.9 Å². The number of hydrogen-bond donors (Lipinski definition) is 0. The molecule has 2 aromatic rings. The van der Waals surface area contributed by atoms with E-state index >= 15 is 0 Å². The van der Waals surface area contributed by atoms with Crippen LogP contribution in [0.1, 0.15) is 6.42 Å². The minimum Gasteiger partial charge on any atom is -0.324 e. The van der Waals surface area contributed by atoms with E-state index < -0.39 is 0 Å². The third-order valence-corrected chi connectivity index (χ3v) is 2.71. The molecule has 0 aliphatic carbocycles. The van der Waals surface area contributed by atoms with Crippen LogP contribution < -0.4 is 11.2 Å². The Bertz CT molecular complexity index is 727. The summed E-state index contributed by atoms with van der Waals surface area (Å²) >= 11 is 0. The molecule has 0 fully saturated rings. The fourth-order valence-corrected chi connectivity index (χ4v) is 1.75. The Morgan fingerprint density at radius 1 is 1.35 bits per heavy atom. The maximum absolute atomic E-state index is 12.0. The van der Waals surface area contributed by atoms with E-state index in [2.05, 4.69) is 10.9 Å². The first-order valence-corrected chi connectivity index (χ1v) is 5.12. The molecule has 88 valence electrons. The van der Waals surface area contributed by atoms with E-state index in [1.54, 1.807) is 11.6 Å². The molecule has 2 aromatic heterocycles. The van der Waals surface area contributed by atoms with Crippen LogP contribution in [0.15, 0.2) is 15.9 Å². The second-order valence-electron chi connectivity index (χ2n) is 3.77. The second-order valence-corrected chi connectivity index (χ2v) is 3.77. The number of terminal acetylenes is 1. The van der Waals surface area contributed by atoms with Crippen LogP contribution in [0, 0.1) is 12.3 Å². The van der Waals surface area contributed by atoms with Crippen LogP contribution in [0.3, 0.4) is 0 Å². The van der Waals surface area contributed by atoms with Gasteiger partial charge in [0.05, 0.1) is 6.33 Å². The lowest BCUT2D eigenvalue weighted by atomic mass is 10.4. The normalized spacial score (nSPS) is 10.6. The van der Waals surface area contributed by atoms with Crippen molar-refractivity contribution in [2.75, 3.05) is 0 Å². The van der Waals surface area contributed by atoms with E-state index in [-0.39, 0.29) is 11.2 Å². The van der Waals surface area contributed by atoms with Gasteiger partial charge in [0.15, 0.2) is 11.2 Å². The number of hydrogen-bond acceptors (Lipinski definition) is 3. The predicted molar refractivity (Wildman–Crippen MR) is 63.7 cm³/mol. The summed E-state index contributed by atoms with van der Waals surface area (Å²) in [5.41, 5.74) is 0.0577. The highest BCUT2D eigenvalue weighted by Crippen LogP contribution is 2.05. The molecule has 0 bridgehead atoms. The number of fused-ring (bicyclic) bond motifs is 1. The minimum absolute atomic E-state index is 0.349. The Balaban J connectivity index is 2.82. The molecule has 0 amide bonds. The summed E-state index contributed by atoms with van der Waals surface area (Å²) in [5, 5.41) is 0. The van der Waals surface area contributed by atoms with E-state index in [1.807, 2.05) is 0 Å². The fourth-order valence-electron chi connectivity index (χ4n) is 1.75. The van der Waals surface area contributed by atoms with Gasteiger partial charge in [-0.05, 0) is 0 Å². The molecule has 17 heavy (non-hydrogen) atoms. The van der Waals surface area contributed by atoms with Crippen molar-refractivity contribution in [2.24, 2.45) is 14.1 Å². The Morgan fingerprint density at radius 3 is 2.71 bits per heavy atom. The zero-order chi connectivity index (χ0) is 12.6. The van der Waals surface area contributed by atoms with E-state index in [9.17, 15) is 9.59 Å². The molecular weight excluding hydrogens is 220 g/mol. The van der Waals surface area contributed by atoms with E-state index in [0.29, 0.717) is 24.1 Å². The molecule has 2 heterocycles. The van der Waals surface area contributed by atoms with Gasteiger partial charge in [0, 0.05) is 27.1 Å². The van der Waals surface area contributed by atoms with Crippen molar-refractivity contribution in [3.05, 3.63) is 27.2 Å². The number of rotatable bonds is 2. The summed E-state index contributed by atoms with van der Waals surface area (Å²) in [7, 11) is 3.03. The zero-order valence-corrected chi connectivity index (χ0v) is 9.67. The molecule has 0 N–H and O–H groups in total. The maximum atomic E-state index is 12.0. The van der Waals surface area contributed by atoms with Crippen LogP contribution in [-0.2, 0) is 20.6 Å². The molecule has 6 nitrogen and oxygen atoms in total. The SMILES string of the molecule is C#CCCn1cnc2c1c(=O)n(C)c(=O)n2C. The largest absolute Gasteiger partial charge is 0.332 e. The number of aryl methyl sites for hydroxylation is 2. The Morgan fingerprint density at radius 2 is 2.06 bits per heavy atom. The Labute approximate surface area is 97.1 Å². The van der Waals surface area contributed by atoms with Crippen molar-refractivity contribution < 1.29 is 0 Å². The molecule has 6 heteroatoms. The van der Waals surface area contributed by atoms with Gasteiger partial charge in [-0.2, -0.15) is 0 Å². The van der Waals surface area contributed by atoms with Gasteiger partial charge >= 0.3 is 5.69 Å². The van der Waals surface area contributed by atoms with Crippen LogP contribution in [0.25, 0.3) is 11.2 Å². The summed E-state index contributed by atoms with van der Waals surface area (Å²) in [6, 6.07) is 0. The van der Waals surface area contributed by atoms with Gasteiger partial charge in [-0.15, -0.1) is 12.3 Å². The van der Waals surface area contributed by atoms with Crippen molar-refractivity contribution in [1.82, 2.24) is 18.7 Å². The van der Waals surface area contributed by atoms with Gasteiger partial charge in [0.25, 0.3) is 5.56 Å². The number of nitrogens with zero attached hydrogens (tertiary/aromatic N) is 4. The average Bonchev–Trinajstić information content (AvgIpc) is 2.75. The average molecular weight is 232 g/mol. The molecule has 2 rings (SSSR count). The summed E-state index contributed by atoms with van der Waals surface area (Å²) < 4.78 is 4.09. The van der Waals surface area contributed by atoms with Crippen molar-refractivity contribution >= 4 is 11.2 Å². The molecule has 0 atom stereocenters. The van der Waals surface area contributed by atoms with E-state index in [1.165, 1.54) is 17.9 Å². The molecule has 0 aromatic carbocycles. The molecule has 0 radical (unpaired) electrons. The molecule has 0 spiro atoms. The molecule has 0 aliphatic heterocycles. The first kappa shape index (κ1) is 11.2. The van der Waals surface area contributed by atoms with Crippen molar-refractivity contribution in [3.63, 3.8) is 0 Å². The van der Waals surface area contributed by atoms with Crippen LogP contribution in [-0.4, -0.2) is 18.7 Å². The Kier molecular flexibility index (Phi) is 2.60. The fraction of sp³-hybridized carbons (Fsp3) is 0.364. The topological polar surface area (TPSA) is 61.8 Å². The monoisotopic (exact) mass is 232 g/mol. The molecule has 0 unspecified atom stereocenters. The number of imidazole rings is 1. The quantitative estimate of drug-likeness (QED) is 0.653. The first-order valence-electron chi connectivity index (χ1n) is 5.12. The van der Waals surface area contributed by atoms with Crippen LogP contribution in [0.4, 0.5) is 0 Å². The zero-order valence-electron chi connectivity index (χ0n) is 9.67. The highest BCUT2D eigenvalue weighted by Gasteiger charge is 2.13. The van der Waals surface area contributed by atoms with E-state index in [4.69, 9.17) is 6.42 Å². The second kappa shape index (κ2) is 3.94. The lowest BCUT2D eigenvalue weighted by Gasteiger charge is -2.04. The van der Waals surface area contributed by atoms with Crippen LogP contribution >= 0.6 is 0 Å². The van der Waals surface area contributed by atoms with Crippen LogP contribution in [0.5, 0.6) is 0 Å². The van der Waals surface area contributed by atoms with Gasteiger partial charge in [0.1, 0.15) is 0 Å². The predicted octanol–water partition coefficient (Wildman–Crippen LogP) is -0.543. The van der Waals surface area contributed by atoms with Crippen LogP contribution in [0.2, 0.25) is 0 Å². The van der Waals surface area contributed by atoms with Crippen molar-refractivity contribution in [1.29, 1.82) is 0 Å². The summed E-state index contributed by atoms with van der Waals surface area (Å²) in [6.07, 6.45) is 7.23. The Hall–Kier alpha value is -2.29. The van der Waals surface area contributed by atoms with Crippen molar-refractivity contribution in [3.8, 4) is 12.3 Å². The smallest absolute Gasteiger partial charge is 0.324 e. The lowest BCUT2D eigenvalue weighted by molar-refractivity contribution is 0.693. The highest BCUT2D eigenvalue weighted by molar-refractivity contribution is 5.69. The summed E-state index contributed by atoms with van der Waals surface area (Å²) in [6.45, 7) is 0.514. The maximum Gasteiger partial charge on any atom is 0.332 e. The van der Waals surface area contributed by atoms with Gasteiger partial charge in [0.2, 0.25) is 0 Å². The summed E-state index contributed by atoms with van der Waals surface area (Å²) in [4.78, 5) is 27.7. The third-order valence-electron chi connectivity index (χ3n) is 2.71. The standard InChI is InChI=1S/C11H12N4O2/c1-4-5-6-15-7-12-9-8(15)10(16)14(3)11(17)13(9)2/h1,7H,5-6H2,2-3H3. The van der Waals surface area contributed by atoms with Gasteiger partial charge < -0.3 is 4.57 Å². The first-order chi connectivity index (χ1) is 8.07. The van der Waals surface area contributed by atoms with Crippen molar-refractivity contribution in [2.45, 2.75) is 13.0 Å². The third kappa shape index (κ3) is 1.56. The minimum atomic E-state index is -0.385. The van der Waals surface area contributed by atoms with E-state index in [0.717, 1.165) is 4.57 Å². The molecule has 0 saturated carbocycles. The number of aromatic nitrogens is 4. The highest BCUT2D eigenvalue weighted by atomic mass is 16.2.